The van der Waals surface area contributed by atoms with E-state index < -0.39 is 10.0 Å². The third kappa shape index (κ3) is 2.71. The van der Waals surface area contributed by atoms with Gasteiger partial charge in [0, 0.05) is 36.3 Å². The number of sulfonamides is 1. The second-order valence-corrected chi connectivity index (χ2v) is 9.44. The van der Waals surface area contributed by atoms with E-state index in [4.69, 9.17) is 0 Å². The lowest BCUT2D eigenvalue weighted by atomic mass is 9.89. The summed E-state index contributed by atoms with van der Waals surface area (Å²) in [6.07, 6.45) is 7.32. The summed E-state index contributed by atoms with van der Waals surface area (Å²) < 4.78 is 26.9. The van der Waals surface area contributed by atoms with Crippen molar-refractivity contribution in [2.45, 2.75) is 37.9 Å². The van der Waals surface area contributed by atoms with E-state index in [1.165, 1.54) is 5.56 Å². The molecule has 0 radical (unpaired) electrons. The van der Waals surface area contributed by atoms with E-state index in [1.54, 1.807) is 30.5 Å². The minimum Gasteiger partial charge on any atom is -0.346 e. The van der Waals surface area contributed by atoms with Gasteiger partial charge in [-0.3, -0.25) is 4.98 Å². The molecule has 1 saturated heterocycles. The molecule has 4 rings (SSSR count). The molecule has 3 aromatic heterocycles. The van der Waals surface area contributed by atoms with Crippen LogP contribution < -0.4 is 0 Å². The monoisotopic (exact) mass is 358 g/mol. The summed E-state index contributed by atoms with van der Waals surface area (Å²) >= 11 is 0. The van der Waals surface area contributed by atoms with Gasteiger partial charge in [-0.2, -0.15) is 0 Å². The summed E-state index contributed by atoms with van der Waals surface area (Å²) in [5.41, 5.74) is 2.86. The van der Waals surface area contributed by atoms with Crippen LogP contribution in [0.2, 0.25) is 0 Å². The fraction of sp³-hybridized carbons (Fsp3) is 0.444. The van der Waals surface area contributed by atoms with Crippen molar-refractivity contribution >= 4 is 32.0 Å². The van der Waals surface area contributed by atoms with Gasteiger partial charge in [-0.1, -0.05) is 0 Å². The van der Waals surface area contributed by atoms with Crippen molar-refractivity contribution in [3.8, 4) is 0 Å². The molecule has 4 heterocycles. The number of rotatable bonds is 3. The van der Waals surface area contributed by atoms with Gasteiger partial charge in [-0.25, -0.2) is 17.7 Å². The molecule has 0 aliphatic carbocycles. The lowest BCUT2D eigenvalue weighted by Gasteiger charge is -2.33. The van der Waals surface area contributed by atoms with E-state index in [1.807, 2.05) is 18.3 Å². The maximum atomic E-state index is 12.6. The second kappa shape index (κ2) is 6.07. The summed E-state index contributed by atoms with van der Waals surface area (Å²) in [7, 11) is -3.23. The van der Waals surface area contributed by atoms with Crippen LogP contribution in [-0.2, 0) is 10.0 Å². The van der Waals surface area contributed by atoms with Gasteiger partial charge in [-0.05, 0) is 50.3 Å². The van der Waals surface area contributed by atoms with Gasteiger partial charge in [0.25, 0.3) is 0 Å². The van der Waals surface area contributed by atoms with Crippen LogP contribution >= 0.6 is 0 Å². The molecule has 1 fully saturated rings. The molecule has 1 atom stereocenters. The number of aromatic nitrogens is 3. The van der Waals surface area contributed by atoms with Crippen molar-refractivity contribution < 1.29 is 8.42 Å². The largest absolute Gasteiger partial charge is 0.346 e. The quantitative estimate of drug-likeness (QED) is 0.780. The van der Waals surface area contributed by atoms with Crippen LogP contribution in [0.1, 0.15) is 38.2 Å². The van der Waals surface area contributed by atoms with Gasteiger partial charge in [0.05, 0.1) is 17.0 Å². The highest BCUT2D eigenvalue weighted by molar-refractivity contribution is 7.89. The van der Waals surface area contributed by atoms with Crippen molar-refractivity contribution in [1.82, 2.24) is 19.3 Å². The van der Waals surface area contributed by atoms with E-state index in [0.717, 1.165) is 34.8 Å². The van der Waals surface area contributed by atoms with Crippen molar-refractivity contribution in [3.63, 3.8) is 0 Å². The zero-order valence-corrected chi connectivity index (χ0v) is 15.3. The molecule has 7 heteroatoms. The first-order valence-corrected chi connectivity index (χ1v) is 10.2. The number of nitrogens with one attached hydrogen (secondary N) is 1. The molecule has 1 unspecified atom stereocenters. The first kappa shape index (κ1) is 16.5. The average molecular weight is 358 g/mol. The third-order valence-corrected chi connectivity index (χ3v) is 7.35. The Morgan fingerprint density at radius 1 is 1.28 bits per heavy atom. The number of fused-ring (bicyclic) bond motifs is 3. The Morgan fingerprint density at radius 3 is 2.92 bits per heavy atom. The lowest BCUT2D eigenvalue weighted by molar-refractivity contribution is 0.314. The molecule has 0 bridgehead atoms. The maximum Gasteiger partial charge on any atom is 0.216 e. The zero-order valence-electron chi connectivity index (χ0n) is 14.4. The van der Waals surface area contributed by atoms with Crippen LogP contribution in [0.25, 0.3) is 21.9 Å². The van der Waals surface area contributed by atoms with Gasteiger partial charge < -0.3 is 4.98 Å². The van der Waals surface area contributed by atoms with Gasteiger partial charge in [-0.15, -0.1) is 0 Å². The first-order chi connectivity index (χ1) is 12.0. The predicted octanol–water partition coefficient (Wildman–Crippen LogP) is 3.03. The third-order valence-electron chi connectivity index (χ3n) is 5.10. The van der Waals surface area contributed by atoms with Crippen molar-refractivity contribution in [2.75, 3.05) is 13.1 Å². The summed E-state index contributed by atoms with van der Waals surface area (Å²) in [6, 6.07) is 4.05. The topological polar surface area (TPSA) is 79.0 Å². The standard InChI is InChI=1S/C18H22N4O2S/c1-12(2)25(23,24)22-9-3-4-13(11-22)14-5-7-19-16-10-21-18-15(17(14)16)6-8-20-18/h5-8,10,12-13H,3-4,9,11H2,1-2H3,(H,20,21). The Bertz CT molecular complexity index is 1030. The normalized spacial score (nSPS) is 19.9. The van der Waals surface area contributed by atoms with Crippen LogP contribution in [0.5, 0.6) is 0 Å². The Hall–Kier alpha value is -1.99. The van der Waals surface area contributed by atoms with Crippen LogP contribution in [-0.4, -0.2) is 46.0 Å². The molecule has 3 aromatic rings. The molecule has 6 nitrogen and oxygen atoms in total. The van der Waals surface area contributed by atoms with Crippen LogP contribution in [0.4, 0.5) is 0 Å². The lowest BCUT2D eigenvalue weighted by Crippen LogP contribution is -2.42. The first-order valence-electron chi connectivity index (χ1n) is 8.68. The number of hydrogen-bond acceptors (Lipinski definition) is 4. The molecule has 25 heavy (non-hydrogen) atoms. The highest BCUT2D eigenvalue weighted by Crippen LogP contribution is 2.35. The van der Waals surface area contributed by atoms with Crippen LogP contribution in [0.15, 0.2) is 30.7 Å². The van der Waals surface area contributed by atoms with E-state index in [0.29, 0.717) is 13.1 Å². The number of aromatic amines is 1. The molecule has 1 N–H and O–H groups in total. The number of hydrogen-bond donors (Lipinski definition) is 1. The minimum atomic E-state index is -3.23. The van der Waals surface area contributed by atoms with Gasteiger partial charge in [0.1, 0.15) is 5.65 Å². The highest BCUT2D eigenvalue weighted by atomic mass is 32.2. The molecule has 0 spiro atoms. The molecule has 0 aromatic carbocycles. The fourth-order valence-electron chi connectivity index (χ4n) is 3.75. The second-order valence-electron chi connectivity index (χ2n) is 6.95. The van der Waals surface area contributed by atoms with Crippen molar-refractivity contribution in [1.29, 1.82) is 0 Å². The molecule has 0 saturated carbocycles. The Kier molecular flexibility index (Phi) is 4.00. The van der Waals surface area contributed by atoms with E-state index >= 15 is 0 Å². The fourth-order valence-corrected chi connectivity index (χ4v) is 5.11. The molecular formula is C18H22N4O2S. The highest BCUT2D eigenvalue weighted by Gasteiger charge is 2.32. The summed E-state index contributed by atoms with van der Waals surface area (Å²) in [5.74, 6) is 0.174. The van der Waals surface area contributed by atoms with Crippen molar-refractivity contribution in [3.05, 3.63) is 36.3 Å². The van der Waals surface area contributed by atoms with Crippen LogP contribution in [0, 0.1) is 0 Å². The van der Waals surface area contributed by atoms with Crippen LogP contribution in [0.3, 0.4) is 0 Å². The zero-order chi connectivity index (χ0) is 17.6. The van der Waals surface area contributed by atoms with Gasteiger partial charge >= 0.3 is 0 Å². The maximum absolute atomic E-state index is 12.6. The van der Waals surface area contributed by atoms with E-state index in [-0.39, 0.29) is 11.2 Å². The smallest absolute Gasteiger partial charge is 0.216 e. The summed E-state index contributed by atoms with van der Waals surface area (Å²) in [5, 5.41) is 1.74. The summed E-state index contributed by atoms with van der Waals surface area (Å²) in [4.78, 5) is 12.0. The molecule has 1 aliphatic rings. The number of piperidine rings is 1. The SMILES string of the molecule is CC(C)S(=O)(=O)N1CCCC(c2ccnc3cnc4[nH]ccc4c23)C1. The molecule has 132 valence electrons. The minimum absolute atomic E-state index is 0.174. The average Bonchev–Trinajstić information content (AvgIpc) is 3.10. The Labute approximate surface area is 147 Å². The van der Waals surface area contributed by atoms with Gasteiger partial charge in [0.2, 0.25) is 10.0 Å². The molecular weight excluding hydrogens is 336 g/mol. The Morgan fingerprint density at radius 2 is 2.12 bits per heavy atom. The van der Waals surface area contributed by atoms with E-state index in [2.05, 4.69) is 15.0 Å². The Balaban J connectivity index is 1.80. The number of pyridine rings is 2. The van der Waals surface area contributed by atoms with E-state index in [9.17, 15) is 8.42 Å². The number of H-pyrrole nitrogens is 1. The number of nitrogens with zero attached hydrogens (tertiary/aromatic N) is 3. The molecule has 0 amide bonds. The predicted molar refractivity (Wildman–Crippen MR) is 99.0 cm³/mol. The van der Waals surface area contributed by atoms with Crippen molar-refractivity contribution in [2.24, 2.45) is 0 Å². The summed E-state index contributed by atoms with van der Waals surface area (Å²) in [6.45, 7) is 4.64. The van der Waals surface area contributed by atoms with Gasteiger partial charge in [0.15, 0.2) is 0 Å². The molecule has 1 aliphatic heterocycles.